The van der Waals surface area contributed by atoms with E-state index in [1.807, 2.05) is 6.92 Å². The van der Waals surface area contributed by atoms with Gasteiger partial charge in [-0.25, -0.2) is 9.93 Å². The van der Waals surface area contributed by atoms with Crippen molar-refractivity contribution < 1.29 is 9.93 Å². The lowest BCUT2D eigenvalue weighted by Gasteiger charge is -2.41. The molecule has 0 bridgehead atoms. The average Bonchev–Trinajstić information content (AvgIpc) is 1.64. The zero-order valence-electron chi connectivity index (χ0n) is 6.18. The molecule has 0 aliphatic carbocycles. The first-order valence-corrected chi connectivity index (χ1v) is 3.07. The number of hydrogen-bond donors (Lipinski definition) is 1. The highest BCUT2D eigenvalue weighted by Gasteiger charge is 2.07. The van der Waals surface area contributed by atoms with Gasteiger partial charge in [0, 0.05) is 0 Å². The molecular weight excluding hydrogens is 120 g/mol. The first-order valence-electron chi connectivity index (χ1n) is 3.07. The van der Waals surface area contributed by atoms with E-state index in [0.717, 1.165) is 6.42 Å². The van der Waals surface area contributed by atoms with E-state index in [1.165, 1.54) is 14.1 Å². The second-order valence-electron chi connectivity index (χ2n) is 2.49. The molecule has 1 unspecified atom stereocenters. The van der Waals surface area contributed by atoms with Gasteiger partial charge in [0.05, 0.1) is 0 Å². The van der Waals surface area contributed by atoms with Crippen molar-refractivity contribution in [2.75, 3.05) is 20.6 Å². The lowest BCUT2D eigenvalue weighted by atomic mass is 10.5. The summed E-state index contributed by atoms with van der Waals surface area (Å²) in [6, 6.07) is 0. The van der Waals surface area contributed by atoms with Gasteiger partial charge in [-0.2, -0.15) is 0 Å². The van der Waals surface area contributed by atoms with Crippen molar-refractivity contribution >= 4 is 0 Å². The zero-order valence-corrected chi connectivity index (χ0v) is 6.18. The van der Waals surface area contributed by atoms with Crippen molar-refractivity contribution in [2.45, 2.75) is 13.3 Å². The Hall–Kier alpha value is -0.160. The molecule has 0 spiro atoms. The third-order valence-electron chi connectivity index (χ3n) is 1.06. The second-order valence-corrected chi connectivity index (χ2v) is 2.49. The standard InChI is InChI=1S/C5H14N2O2/c1-4-5-6(8)7(2,3)9/h6H,4-5H2,1-3H3. The molecule has 0 saturated heterocycles. The van der Waals surface area contributed by atoms with Crippen molar-refractivity contribution in [2.24, 2.45) is 0 Å². The molecule has 0 fully saturated rings. The molecule has 0 aliphatic rings. The number of hydroxylamine groups is 3. The smallest absolute Gasteiger partial charge is 0.120 e. The number of nitrogens with zero attached hydrogens (tertiary/aromatic N) is 1. The Bertz CT molecular complexity index is 79.5. The van der Waals surface area contributed by atoms with Crippen LogP contribution in [0.4, 0.5) is 0 Å². The van der Waals surface area contributed by atoms with Crippen molar-refractivity contribution in [3.63, 3.8) is 0 Å². The molecule has 1 atom stereocenters. The highest BCUT2D eigenvalue weighted by atomic mass is 16.7. The SMILES string of the molecule is CCC[NH+]([O-])[N+](C)(C)[O-]. The first kappa shape index (κ1) is 8.84. The maximum atomic E-state index is 10.8. The summed E-state index contributed by atoms with van der Waals surface area (Å²) < 4.78 is -0.798. The van der Waals surface area contributed by atoms with E-state index in [1.54, 1.807) is 0 Å². The van der Waals surface area contributed by atoms with Crippen LogP contribution in [0.15, 0.2) is 0 Å². The minimum absolute atomic E-state index is 0.252. The summed E-state index contributed by atoms with van der Waals surface area (Å²) in [5.74, 6) is 0. The molecule has 1 N–H and O–H groups in total. The highest BCUT2D eigenvalue weighted by Crippen LogP contribution is 1.76. The fourth-order valence-electron chi connectivity index (χ4n) is 0.483. The Labute approximate surface area is 55.4 Å². The quantitative estimate of drug-likeness (QED) is 0.408. The van der Waals surface area contributed by atoms with E-state index in [9.17, 15) is 10.4 Å². The maximum absolute atomic E-state index is 10.8. The largest absolute Gasteiger partial charge is 0.583 e. The molecule has 0 aromatic carbocycles. The van der Waals surface area contributed by atoms with Gasteiger partial charge in [-0.1, -0.05) is 6.92 Å². The summed E-state index contributed by atoms with van der Waals surface area (Å²) in [6.07, 6.45) is 0.753. The molecule has 0 heterocycles. The third-order valence-corrected chi connectivity index (χ3v) is 1.06. The van der Waals surface area contributed by atoms with Crippen LogP contribution in [0.2, 0.25) is 0 Å². The van der Waals surface area contributed by atoms with E-state index < -0.39 is 4.76 Å². The van der Waals surface area contributed by atoms with E-state index in [2.05, 4.69) is 0 Å². The van der Waals surface area contributed by atoms with Crippen LogP contribution in [0.3, 0.4) is 0 Å². The number of hydrogen-bond acceptors (Lipinski definition) is 2. The van der Waals surface area contributed by atoms with Gasteiger partial charge in [0.1, 0.15) is 20.6 Å². The Balaban J connectivity index is 3.59. The molecule has 0 saturated carbocycles. The van der Waals surface area contributed by atoms with Gasteiger partial charge in [0.2, 0.25) is 0 Å². The number of rotatable bonds is 3. The van der Waals surface area contributed by atoms with Crippen molar-refractivity contribution in [3.05, 3.63) is 10.4 Å². The summed E-state index contributed by atoms with van der Waals surface area (Å²) in [7, 11) is 2.69. The van der Waals surface area contributed by atoms with Gasteiger partial charge >= 0.3 is 0 Å². The number of nitrogens with one attached hydrogen (secondary N) is 1. The molecule has 0 aliphatic heterocycles. The molecule has 0 amide bonds. The Morgan fingerprint density at radius 1 is 1.44 bits per heavy atom. The molecule has 0 rings (SSSR count). The predicted octanol–water partition coefficient (Wildman–Crippen LogP) is -0.732. The fourth-order valence-corrected chi connectivity index (χ4v) is 0.483. The van der Waals surface area contributed by atoms with Crippen LogP contribution in [0, 0.1) is 10.4 Å². The normalized spacial score (nSPS) is 15.7. The Morgan fingerprint density at radius 3 is 2.00 bits per heavy atom. The van der Waals surface area contributed by atoms with E-state index >= 15 is 0 Å². The fraction of sp³-hybridized carbons (Fsp3) is 1.00. The van der Waals surface area contributed by atoms with E-state index in [-0.39, 0.29) is 5.17 Å². The summed E-state index contributed by atoms with van der Waals surface area (Å²) in [5, 5.41) is 21.3. The van der Waals surface area contributed by atoms with E-state index in [0.29, 0.717) is 6.54 Å². The van der Waals surface area contributed by atoms with Gasteiger partial charge in [-0.15, -0.1) is 0 Å². The highest BCUT2D eigenvalue weighted by molar-refractivity contribution is 4.17. The van der Waals surface area contributed by atoms with Crippen LogP contribution in [-0.4, -0.2) is 25.4 Å². The topological polar surface area (TPSA) is 50.6 Å². The maximum Gasteiger partial charge on any atom is 0.120 e. The van der Waals surface area contributed by atoms with Gasteiger partial charge in [0.15, 0.2) is 0 Å². The molecule has 4 nitrogen and oxygen atoms in total. The predicted molar refractivity (Wildman–Crippen MR) is 35.0 cm³/mol. The molecule has 0 aromatic rings. The Kier molecular flexibility index (Phi) is 3.07. The van der Waals surface area contributed by atoms with Crippen LogP contribution in [-0.2, 0) is 0 Å². The Morgan fingerprint density at radius 2 is 1.89 bits per heavy atom. The van der Waals surface area contributed by atoms with Gasteiger partial charge in [-0.05, 0) is 6.42 Å². The summed E-state index contributed by atoms with van der Waals surface area (Å²) in [5.41, 5.74) is 0. The van der Waals surface area contributed by atoms with Crippen LogP contribution in [0.25, 0.3) is 0 Å². The van der Waals surface area contributed by atoms with Crippen LogP contribution in [0.1, 0.15) is 13.3 Å². The molecular formula is C5H14N2O2. The summed E-state index contributed by atoms with van der Waals surface area (Å²) in [6.45, 7) is 2.27. The number of quaternary nitrogens is 2. The van der Waals surface area contributed by atoms with Crippen molar-refractivity contribution in [1.82, 2.24) is 0 Å². The van der Waals surface area contributed by atoms with Crippen molar-refractivity contribution in [1.29, 1.82) is 0 Å². The zero-order chi connectivity index (χ0) is 7.49. The van der Waals surface area contributed by atoms with Crippen molar-refractivity contribution in [3.8, 4) is 0 Å². The molecule has 4 heteroatoms. The molecule has 9 heavy (non-hydrogen) atoms. The van der Waals surface area contributed by atoms with Crippen LogP contribution < -0.4 is 5.17 Å². The molecule has 0 aromatic heterocycles. The minimum atomic E-state index is -0.798. The first-order chi connectivity index (χ1) is 3.98. The van der Waals surface area contributed by atoms with Crippen LogP contribution in [0.5, 0.6) is 0 Å². The van der Waals surface area contributed by atoms with E-state index in [4.69, 9.17) is 0 Å². The monoisotopic (exact) mass is 134 g/mol. The van der Waals surface area contributed by atoms with Gasteiger partial charge < -0.3 is 10.4 Å². The third kappa shape index (κ3) is 3.42. The molecule has 0 radical (unpaired) electrons. The summed E-state index contributed by atoms with van der Waals surface area (Å²) >= 11 is 0. The average molecular weight is 134 g/mol. The second kappa shape index (κ2) is 3.12. The lowest BCUT2D eigenvalue weighted by Crippen LogP contribution is -3.18. The van der Waals surface area contributed by atoms with Gasteiger partial charge in [0.25, 0.3) is 0 Å². The summed E-state index contributed by atoms with van der Waals surface area (Å²) in [4.78, 5) is 0. The van der Waals surface area contributed by atoms with Gasteiger partial charge in [-0.3, -0.25) is 0 Å². The lowest BCUT2D eigenvalue weighted by molar-refractivity contribution is -1.44. The van der Waals surface area contributed by atoms with Crippen LogP contribution >= 0.6 is 0 Å². The molecule has 56 valence electrons. The minimum Gasteiger partial charge on any atom is -0.583 e.